The Balaban J connectivity index is 1.44. The zero-order chi connectivity index (χ0) is 18.6. The van der Waals surface area contributed by atoms with Crippen LogP contribution in [0.3, 0.4) is 0 Å². The summed E-state index contributed by atoms with van der Waals surface area (Å²) in [7, 11) is 0. The van der Waals surface area contributed by atoms with Crippen LogP contribution in [0.1, 0.15) is 12.8 Å². The van der Waals surface area contributed by atoms with E-state index in [1.54, 1.807) is 12.1 Å². The molecule has 2 N–H and O–H groups in total. The largest absolute Gasteiger partial charge is 0.376 e. The van der Waals surface area contributed by atoms with E-state index in [2.05, 4.69) is 20.3 Å². The highest BCUT2D eigenvalue weighted by molar-refractivity contribution is 8.00. The summed E-state index contributed by atoms with van der Waals surface area (Å²) >= 11 is 1.36. The molecular formula is C19H19FN4O2S. The molecule has 0 unspecified atom stereocenters. The van der Waals surface area contributed by atoms with Crippen molar-refractivity contribution < 1.29 is 13.9 Å². The van der Waals surface area contributed by atoms with Gasteiger partial charge in [0.25, 0.3) is 0 Å². The van der Waals surface area contributed by atoms with Gasteiger partial charge >= 0.3 is 0 Å². The Morgan fingerprint density at radius 2 is 2.19 bits per heavy atom. The Hall–Kier alpha value is -2.45. The number of amides is 1. The van der Waals surface area contributed by atoms with Crippen LogP contribution >= 0.6 is 11.8 Å². The van der Waals surface area contributed by atoms with E-state index in [-0.39, 0.29) is 23.6 Å². The Morgan fingerprint density at radius 1 is 1.33 bits per heavy atom. The molecule has 3 heterocycles. The van der Waals surface area contributed by atoms with Crippen molar-refractivity contribution in [1.29, 1.82) is 0 Å². The molecule has 8 heteroatoms. The molecule has 1 fully saturated rings. The first-order chi connectivity index (χ1) is 13.2. The maximum Gasteiger partial charge on any atom is 0.230 e. The molecule has 0 radical (unpaired) electrons. The third-order valence-electron chi connectivity index (χ3n) is 4.47. The van der Waals surface area contributed by atoms with Crippen LogP contribution < -0.4 is 5.32 Å². The number of carbonyl (C=O) groups excluding carboxylic acids is 1. The van der Waals surface area contributed by atoms with Gasteiger partial charge in [-0.3, -0.25) is 4.79 Å². The number of aromatic amines is 1. The highest BCUT2D eigenvalue weighted by Gasteiger charge is 2.17. The van der Waals surface area contributed by atoms with Crippen LogP contribution in [0.4, 0.5) is 4.39 Å². The predicted molar refractivity (Wildman–Crippen MR) is 102 cm³/mol. The fourth-order valence-electron chi connectivity index (χ4n) is 3.09. The Bertz CT molecular complexity index is 939. The first kappa shape index (κ1) is 17.9. The van der Waals surface area contributed by atoms with Gasteiger partial charge in [-0.05, 0) is 30.5 Å². The Kier molecular flexibility index (Phi) is 5.35. The number of H-pyrrole nitrogens is 1. The molecular weight excluding hydrogens is 367 g/mol. The second-order valence-electron chi connectivity index (χ2n) is 6.34. The summed E-state index contributed by atoms with van der Waals surface area (Å²) in [6.45, 7) is 1.33. The lowest BCUT2D eigenvalue weighted by Gasteiger charge is -2.10. The Labute approximate surface area is 159 Å². The third-order valence-corrected chi connectivity index (χ3v) is 5.46. The van der Waals surface area contributed by atoms with Crippen molar-refractivity contribution in [2.45, 2.75) is 24.0 Å². The number of fused-ring (bicyclic) bond motifs is 1. The highest BCUT2D eigenvalue weighted by atomic mass is 32.2. The number of thioether (sulfide) groups is 1. The van der Waals surface area contributed by atoms with Crippen molar-refractivity contribution in [2.75, 3.05) is 18.9 Å². The minimum atomic E-state index is -0.279. The minimum absolute atomic E-state index is 0.0485. The summed E-state index contributed by atoms with van der Waals surface area (Å²) in [4.78, 5) is 23.9. The lowest BCUT2D eigenvalue weighted by molar-refractivity contribution is -0.119. The van der Waals surface area contributed by atoms with Crippen LogP contribution in [-0.2, 0) is 9.53 Å². The van der Waals surface area contributed by atoms with E-state index in [4.69, 9.17) is 4.74 Å². The number of nitrogens with one attached hydrogen (secondary N) is 2. The molecule has 1 amide bonds. The topological polar surface area (TPSA) is 79.9 Å². The number of benzene rings is 1. The van der Waals surface area contributed by atoms with Crippen molar-refractivity contribution >= 4 is 28.7 Å². The summed E-state index contributed by atoms with van der Waals surface area (Å²) < 4.78 is 18.7. The van der Waals surface area contributed by atoms with Gasteiger partial charge in [0.15, 0.2) is 0 Å². The summed E-state index contributed by atoms with van der Waals surface area (Å²) in [6, 6.07) is 6.27. The van der Waals surface area contributed by atoms with Gasteiger partial charge in [-0.2, -0.15) is 0 Å². The molecule has 0 aliphatic carbocycles. The molecule has 1 aliphatic heterocycles. The first-order valence-electron chi connectivity index (χ1n) is 8.80. The standard InChI is InChI=1S/C19H19FN4O2S/c20-13-5-3-12(4-6-13)15-9-22-18-17(15)23-11-24-19(18)27-10-16(25)21-8-14-2-1-7-26-14/h3-6,9,11,14,22H,1-2,7-8,10H2,(H,21,25)/t14-/m1/s1. The lowest BCUT2D eigenvalue weighted by Crippen LogP contribution is -2.32. The van der Waals surface area contributed by atoms with Crippen molar-refractivity contribution in [1.82, 2.24) is 20.3 Å². The molecule has 3 aromatic rings. The average molecular weight is 386 g/mol. The molecule has 1 aromatic carbocycles. The molecule has 2 aromatic heterocycles. The third kappa shape index (κ3) is 4.12. The van der Waals surface area contributed by atoms with Crippen LogP contribution in [0.2, 0.25) is 0 Å². The number of ether oxygens (including phenoxy) is 1. The zero-order valence-corrected chi connectivity index (χ0v) is 15.4. The summed E-state index contributed by atoms with van der Waals surface area (Å²) in [5.41, 5.74) is 3.26. The van der Waals surface area contributed by atoms with Crippen molar-refractivity contribution in [3.05, 3.63) is 42.6 Å². The zero-order valence-electron chi connectivity index (χ0n) is 14.6. The Morgan fingerprint density at radius 3 is 2.96 bits per heavy atom. The second-order valence-corrected chi connectivity index (χ2v) is 7.30. The van der Waals surface area contributed by atoms with E-state index in [9.17, 15) is 9.18 Å². The van der Waals surface area contributed by atoms with E-state index in [1.165, 1.54) is 30.2 Å². The van der Waals surface area contributed by atoms with Crippen LogP contribution in [0.25, 0.3) is 22.2 Å². The number of carbonyl (C=O) groups is 1. The number of hydrogen-bond acceptors (Lipinski definition) is 5. The van der Waals surface area contributed by atoms with Crippen LogP contribution in [0.15, 0.2) is 41.8 Å². The number of rotatable bonds is 6. The minimum Gasteiger partial charge on any atom is -0.376 e. The predicted octanol–water partition coefficient (Wildman–Crippen LogP) is 3.15. The smallest absolute Gasteiger partial charge is 0.230 e. The SMILES string of the molecule is O=C(CSc1ncnc2c(-c3ccc(F)cc3)c[nH]c12)NC[C@H]1CCCO1. The molecule has 1 atom stereocenters. The molecule has 0 saturated carbocycles. The number of hydrogen-bond donors (Lipinski definition) is 2. The molecule has 1 saturated heterocycles. The molecule has 140 valence electrons. The van der Waals surface area contributed by atoms with E-state index in [1.807, 2.05) is 6.20 Å². The van der Waals surface area contributed by atoms with Gasteiger partial charge in [0.2, 0.25) is 5.91 Å². The van der Waals surface area contributed by atoms with E-state index in [0.717, 1.165) is 41.6 Å². The second kappa shape index (κ2) is 8.06. The van der Waals surface area contributed by atoms with Crippen molar-refractivity contribution in [3.8, 4) is 11.1 Å². The van der Waals surface area contributed by atoms with Gasteiger partial charge in [0.05, 0.1) is 17.4 Å². The van der Waals surface area contributed by atoms with Gasteiger partial charge in [-0.25, -0.2) is 14.4 Å². The fraction of sp³-hybridized carbons (Fsp3) is 0.316. The molecule has 1 aliphatic rings. The maximum atomic E-state index is 13.2. The summed E-state index contributed by atoms with van der Waals surface area (Å²) in [5.74, 6) is -0.0601. The van der Waals surface area contributed by atoms with Gasteiger partial charge in [-0.15, -0.1) is 0 Å². The molecule has 6 nitrogen and oxygen atoms in total. The average Bonchev–Trinajstić information content (AvgIpc) is 3.35. The van der Waals surface area contributed by atoms with Crippen LogP contribution in [0, 0.1) is 5.82 Å². The highest BCUT2D eigenvalue weighted by Crippen LogP contribution is 2.31. The maximum absolute atomic E-state index is 13.2. The van der Waals surface area contributed by atoms with Gasteiger partial charge in [-0.1, -0.05) is 23.9 Å². The first-order valence-corrected chi connectivity index (χ1v) is 9.78. The van der Waals surface area contributed by atoms with Crippen LogP contribution in [0.5, 0.6) is 0 Å². The van der Waals surface area contributed by atoms with Crippen molar-refractivity contribution in [3.63, 3.8) is 0 Å². The van der Waals surface area contributed by atoms with Gasteiger partial charge in [0.1, 0.15) is 22.7 Å². The molecule has 0 bridgehead atoms. The summed E-state index contributed by atoms with van der Waals surface area (Å²) in [6.07, 6.45) is 5.49. The monoisotopic (exact) mass is 386 g/mol. The molecule has 27 heavy (non-hydrogen) atoms. The van der Waals surface area contributed by atoms with Gasteiger partial charge in [0, 0.05) is 24.9 Å². The molecule has 0 spiro atoms. The van der Waals surface area contributed by atoms with Gasteiger partial charge < -0.3 is 15.0 Å². The van der Waals surface area contributed by atoms with E-state index >= 15 is 0 Å². The van der Waals surface area contributed by atoms with Crippen LogP contribution in [-0.4, -0.2) is 45.9 Å². The number of aromatic nitrogens is 3. The number of halogens is 1. The van der Waals surface area contributed by atoms with Crippen molar-refractivity contribution in [2.24, 2.45) is 0 Å². The lowest BCUT2D eigenvalue weighted by atomic mass is 10.1. The van der Waals surface area contributed by atoms with E-state index < -0.39 is 0 Å². The number of nitrogens with zero attached hydrogens (tertiary/aromatic N) is 2. The quantitative estimate of drug-likeness (QED) is 0.503. The normalized spacial score (nSPS) is 16.7. The van der Waals surface area contributed by atoms with E-state index in [0.29, 0.717) is 11.6 Å². The molecule has 4 rings (SSSR count). The fourth-order valence-corrected chi connectivity index (χ4v) is 3.88. The summed E-state index contributed by atoms with van der Waals surface area (Å²) in [5, 5.41) is 3.61.